The zero-order chi connectivity index (χ0) is 29.3. The molecule has 1 fully saturated rings. The minimum atomic E-state index is -4.76. The molecule has 13 heteroatoms. The fraction of sp³-hybridized carbons (Fsp3) is 0.357. The molecule has 4 aromatic rings. The van der Waals surface area contributed by atoms with Crippen LogP contribution in [0.2, 0.25) is 0 Å². The van der Waals surface area contributed by atoms with E-state index >= 15 is 0 Å². The van der Waals surface area contributed by atoms with Gasteiger partial charge in [0.2, 0.25) is 6.29 Å². The highest BCUT2D eigenvalue weighted by Gasteiger charge is 2.47. The maximum Gasteiger partial charge on any atom is 0.573 e. The Morgan fingerprint density at radius 2 is 1.66 bits per heavy atom. The Labute approximate surface area is 232 Å². The average molecular weight is 576 g/mol. The quantitative estimate of drug-likeness (QED) is 0.312. The third-order valence-electron chi connectivity index (χ3n) is 6.89. The van der Waals surface area contributed by atoms with Crippen molar-refractivity contribution in [1.82, 2.24) is 9.55 Å². The predicted octanol–water partition coefficient (Wildman–Crippen LogP) is 5.42. The fourth-order valence-corrected chi connectivity index (χ4v) is 5.06. The van der Waals surface area contributed by atoms with Crippen LogP contribution in [0.4, 0.5) is 23.7 Å². The fourth-order valence-electron chi connectivity index (χ4n) is 5.06. The van der Waals surface area contributed by atoms with Gasteiger partial charge in [-0.25, -0.2) is 9.78 Å². The molecule has 1 saturated heterocycles. The first-order chi connectivity index (χ1) is 19.6. The molecule has 0 bridgehead atoms. The molecule has 3 aromatic carbocycles. The van der Waals surface area contributed by atoms with Gasteiger partial charge in [0.15, 0.2) is 0 Å². The number of anilines is 1. The van der Waals surface area contributed by atoms with Gasteiger partial charge in [-0.05, 0) is 54.8 Å². The van der Waals surface area contributed by atoms with Crippen molar-refractivity contribution in [3.63, 3.8) is 0 Å². The van der Waals surface area contributed by atoms with E-state index < -0.39 is 43.2 Å². The van der Waals surface area contributed by atoms with Crippen LogP contribution < -0.4 is 10.1 Å². The molecule has 0 spiro atoms. The number of ether oxygens (including phenoxy) is 6. The molecule has 10 nitrogen and oxygen atoms in total. The van der Waals surface area contributed by atoms with Crippen LogP contribution in [0.3, 0.4) is 0 Å². The standard InChI is InChI=1S/C28H28F3N3O7/c1-15-23(36-2)24(37-3)25(38-4)26(39-15)40-27(35)33-17-6-11-20-16(13-17)5-12-21-22(20)32-14-34(21)18-7-9-19(10-8-18)41-28(29,30)31/h5-15,23-26H,1-4H3,(H,33,35)/t15-,23-,24+,25+,26+/m0/s1. The van der Waals surface area contributed by atoms with Gasteiger partial charge in [-0.2, -0.15) is 0 Å². The number of aromatic nitrogens is 2. The van der Waals surface area contributed by atoms with Gasteiger partial charge in [0.25, 0.3) is 0 Å². The smallest absolute Gasteiger partial charge is 0.416 e. The van der Waals surface area contributed by atoms with Crippen LogP contribution in [0, 0.1) is 0 Å². The summed E-state index contributed by atoms with van der Waals surface area (Å²) in [6.07, 6.45) is -6.98. The van der Waals surface area contributed by atoms with Gasteiger partial charge in [-0.15, -0.1) is 13.2 Å². The van der Waals surface area contributed by atoms with Gasteiger partial charge in [-0.3, -0.25) is 9.88 Å². The first kappa shape index (κ1) is 28.6. The highest BCUT2D eigenvalue weighted by molar-refractivity contribution is 6.06. The molecule has 0 aliphatic carbocycles. The van der Waals surface area contributed by atoms with Crippen LogP contribution in [0.5, 0.6) is 5.75 Å². The molecular formula is C28H28F3N3O7. The van der Waals surface area contributed by atoms with E-state index in [2.05, 4.69) is 15.0 Å². The zero-order valence-corrected chi connectivity index (χ0v) is 22.5. The summed E-state index contributed by atoms with van der Waals surface area (Å²) in [6, 6.07) is 14.5. The predicted molar refractivity (Wildman–Crippen MR) is 142 cm³/mol. The number of nitrogens with zero attached hydrogens (tertiary/aromatic N) is 2. The maximum atomic E-state index is 12.8. The molecule has 5 atom stereocenters. The van der Waals surface area contributed by atoms with Crippen LogP contribution in [0.15, 0.2) is 60.9 Å². The summed E-state index contributed by atoms with van der Waals surface area (Å²) in [5.74, 6) is -0.310. The number of fused-ring (bicyclic) bond motifs is 3. The topological polar surface area (TPSA) is 102 Å². The van der Waals surface area contributed by atoms with Crippen molar-refractivity contribution in [2.24, 2.45) is 0 Å². The van der Waals surface area contributed by atoms with Crippen LogP contribution in [-0.4, -0.2) is 74.0 Å². The molecule has 1 N–H and O–H groups in total. The van der Waals surface area contributed by atoms with E-state index in [-0.39, 0.29) is 5.75 Å². The Morgan fingerprint density at radius 3 is 2.32 bits per heavy atom. The number of rotatable bonds is 7. The number of amides is 1. The minimum absolute atomic E-state index is 0.310. The lowest BCUT2D eigenvalue weighted by molar-refractivity contribution is -0.288. The number of carbonyl (C=O) groups is 1. The number of halogens is 3. The van der Waals surface area contributed by atoms with E-state index in [1.807, 2.05) is 18.2 Å². The third kappa shape index (κ3) is 5.93. The summed E-state index contributed by atoms with van der Waals surface area (Å²) >= 11 is 0. The number of imidazole rings is 1. The molecule has 1 aromatic heterocycles. The SMILES string of the molecule is CO[C@@H]1[C@@H](OC)[C@H](C)O[C@H](OC(=O)Nc2ccc3c(ccc4c3ncn4-c3ccc(OC(F)(F)F)cc3)c2)[C@@H]1OC. The van der Waals surface area contributed by atoms with Crippen molar-refractivity contribution in [3.05, 3.63) is 60.9 Å². The average Bonchev–Trinajstić information content (AvgIpc) is 3.36. The highest BCUT2D eigenvalue weighted by Crippen LogP contribution is 2.31. The highest BCUT2D eigenvalue weighted by atomic mass is 19.4. The molecule has 1 amide bonds. The first-order valence-electron chi connectivity index (χ1n) is 12.6. The lowest BCUT2D eigenvalue weighted by Gasteiger charge is -2.43. The Hall–Kier alpha value is -3.91. The second-order valence-electron chi connectivity index (χ2n) is 9.37. The maximum absolute atomic E-state index is 12.8. The number of carbonyl (C=O) groups excluding carboxylic acids is 1. The zero-order valence-electron chi connectivity index (χ0n) is 22.5. The Kier molecular flexibility index (Phi) is 8.04. The number of benzene rings is 3. The summed E-state index contributed by atoms with van der Waals surface area (Å²) in [4.78, 5) is 17.3. The Morgan fingerprint density at radius 1 is 0.951 bits per heavy atom. The lowest BCUT2D eigenvalue weighted by Crippen LogP contribution is -2.59. The molecule has 0 saturated carbocycles. The van der Waals surface area contributed by atoms with Crippen LogP contribution >= 0.6 is 0 Å². The number of alkyl halides is 3. The second-order valence-corrected chi connectivity index (χ2v) is 9.37. The van der Waals surface area contributed by atoms with Crippen molar-refractivity contribution >= 4 is 33.6 Å². The van der Waals surface area contributed by atoms with Crippen molar-refractivity contribution in [3.8, 4) is 11.4 Å². The van der Waals surface area contributed by atoms with E-state index in [1.165, 1.54) is 38.5 Å². The van der Waals surface area contributed by atoms with Gasteiger partial charge in [0, 0.05) is 38.1 Å². The molecule has 1 aliphatic heterocycles. The van der Waals surface area contributed by atoms with Crippen molar-refractivity contribution in [2.45, 2.75) is 44.0 Å². The molecule has 218 valence electrons. The van der Waals surface area contributed by atoms with Crippen LogP contribution in [0.1, 0.15) is 6.92 Å². The molecule has 0 radical (unpaired) electrons. The van der Waals surface area contributed by atoms with Crippen molar-refractivity contribution < 1.29 is 46.4 Å². The van der Waals surface area contributed by atoms with Gasteiger partial charge in [0.1, 0.15) is 30.4 Å². The summed E-state index contributed by atoms with van der Waals surface area (Å²) in [6.45, 7) is 1.79. The van der Waals surface area contributed by atoms with E-state index in [0.29, 0.717) is 16.9 Å². The second kappa shape index (κ2) is 11.5. The molecule has 0 unspecified atom stereocenters. The molecule has 5 rings (SSSR count). The largest absolute Gasteiger partial charge is 0.573 e. The lowest BCUT2D eigenvalue weighted by atomic mass is 9.99. The van der Waals surface area contributed by atoms with Gasteiger partial charge in [-0.1, -0.05) is 12.1 Å². The summed E-state index contributed by atoms with van der Waals surface area (Å²) in [5, 5.41) is 4.33. The summed E-state index contributed by atoms with van der Waals surface area (Å²) in [5.41, 5.74) is 2.53. The monoisotopic (exact) mass is 575 g/mol. The minimum Gasteiger partial charge on any atom is -0.416 e. The number of hydrogen-bond donors (Lipinski definition) is 1. The number of methoxy groups -OCH3 is 3. The number of hydrogen-bond acceptors (Lipinski definition) is 8. The van der Waals surface area contributed by atoms with Crippen LogP contribution in [-0.2, 0) is 23.7 Å². The van der Waals surface area contributed by atoms with Crippen molar-refractivity contribution in [1.29, 1.82) is 0 Å². The third-order valence-corrected chi connectivity index (χ3v) is 6.89. The van der Waals surface area contributed by atoms with E-state index in [9.17, 15) is 18.0 Å². The number of nitrogens with one attached hydrogen (secondary N) is 1. The van der Waals surface area contributed by atoms with Crippen LogP contribution in [0.25, 0.3) is 27.5 Å². The summed E-state index contributed by atoms with van der Waals surface area (Å²) in [7, 11) is 4.54. The normalized spacial score (nSPS) is 23.0. The van der Waals surface area contributed by atoms with E-state index in [1.54, 1.807) is 37.1 Å². The van der Waals surface area contributed by atoms with E-state index in [4.69, 9.17) is 23.7 Å². The molecule has 41 heavy (non-hydrogen) atoms. The molecule has 2 heterocycles. The molecular weight excluding hydrogens is 547 g/mol. The van der Waals surface area contributed by atoms with E-state index in [0.717, 1.165) is 16.3 Å². The first-order valence-corrected chi connectivity index (χ1v) is 12.6. The summed E-state index contributed by atoms with van der Waals surface area (Å²) < 4.78 is 71.1. The molecule has 1 aliphatic rings. The Balaban J connectivity index is 1.32. The Bertz CT molecular complexity index is 1530. The van der Waals surface area contributed by atoms with Gasteiger partial charge < -0.3 is 28.4 Å². The van der Waals surface area contributed by atoms with Crippen molar-refractivity contribution in [2.75, 3.05) is 26.6 Å². The van der Waals surface area contributed by atoms with Gasteiger partial charge in [0.05, 0.1) is 17.1 Å². The van der Waals surface area contributed by atoms with Gasteiger partial charge >= 0.3 is 12.5 Å².